The van der Waals surface area contributed by atoms with Gasteiger partial charge in [0.25, 0.3) is 5.56 Å². The minimum absolute atomic E-state index is 0.00430. The van der Waals surface area contributed by atoms with Crippen LogP contribution < -0.4 is 5.56 Å². The Labute approximate surface area is 173 Å². The van der Waals surface area contributed by atoms with E-state index < -0.39 is 0 Å². The number of fused-ring (bicyclic) bond motifs is 1. The van der Waals surface area contributed by atoms with Crippen LogP contribution in [0.5, 0.6) is 0 Å². The molecule has 0 bridgehead atoms. The number of rotatable bonds is 5. The number of benzene rings is 3. The van der Waals surface area contributed by atoms with Gasteiger partial charge < -0.3 is 0 Å². The van der Waals surface area contributed by atoms with Gasteiger partial charge in [0.15, 0.2) is 10.9 Å². The first kappa shape index (κ1) is 19.2. The van der Waals surface area contributed by atoms with Gasteiger partial charge in [-0.2, -0.15) is 0 Å². The zero-order valence-corrected chi connectivity index (χ0v) is 17.1. The quantitative estimate of drug-likeness (QED) is 0.269. The van der Waals surface area contributed by atoms with Crippen LogP contribution in [-0.2, 0) is 0 Å². The molecule has 3 aromatic carbocycles. The molecule has 0 unspecified atom stereocenters. The van der Waals surface area contributed by atoms with Crippen molar-refractivity contribution < 1.29 is 4.79 Å². The Hall–Kier alpha value is -3.18. The third-order valence-corrected chi connectivity index (χ3v) is 5.86. The number of carbonyl (C=O) groups excluding carboxylic acids is 1. The Bertz CT molecular complexity index is 1260. The van der Waals surface area contributed by atoms with Crippen LogP contribution in [0.15, 0.2) is 82.7 Å². The number of thioether (sulfide) groups is 1. The van der Waals surface area contributed by atoms with Gasteiger partial charge in [0.2, 0.25) is 0 Å². The lowest BCUT2D eigenvalue weighted by Crippen LogP contribution is -2.22. The number of Topliss-reactive ketones (excluding diaryl/α,β-unsaturated/α-hetero) is 1. The summed E-state index contributed by atoms with van der Waals surface area (Å²) in [4.78, 5) is 30.6. The van der Waals surface area contributed by atoms with Crippen molar-refractivity contribution in [1.29, 1.82) is 0 Å². The monoisotopic (exact) mass is 400 g/mol. The number of ketones is 1. The number of nitrogens with zero attached hydrogens (tertiary/aromatic N) is 2. The number of hydrogen-bond donors (Lipinski definition) is 0. The molecule has 0 aliphatic heterocycles. The van der Waals surface area contributed by atoms with Crippen molar-refractivity contribution in [1.82, 2.24) is 9.55 Å². The highest BCUT2D eigenvalue weighted by Gasteiger charge is 2.15. The van der Waals surface area contributed by atoms with Gasteiger partial charge in [-0.25, -0.2) is 4.98 Å². The molecule has 0 N–H and O–H groups in total. The summed E-state index contributed by atoms with van der Waals surface area (Å²) < 4.78 is 1.61. The molecule has 0 saturated carbocycles. The third-order valence-electron chi connectivity index (χ3n) is 4.92. The van der Waals surface area contributed by atoms with Crippen LogP contribution in [-0.4, -0.2) is 21.1 Å². The molecular weight excluding hydrogens is 380 g/mol. The lowest BCUT2D eigenvalue weighted by Gasteiger charge is -2.14. The molecule has 29 heavy (non-hydrogen) atoms. The second-order valence-corrected chi connectivity index (χ2v) is 7.84. The molecule has 4 rings (SSSR count). The number of para-hydroxylation sites is 1. The molecule has 1 aromatic heterocycles. The number of aryl methyl sites for hydroxylation is 2. The highest BCUT2D eigenvalue weighted by Crippen LogP contribution is 2.23. The maximum atomic E-state index is 13.3. The van der Waals surface area contributed by atoms with E-state index in [0.717, 1.165) is 16.8 Å². The zero-order chi connectivity index (χ0) is 20.4. The lowest BCUT2D eigenvalue weighted by molar-refractivity contribution is 0.102. The largest absolute Gasteiger partial charge is 0.293 e. The van der Waals surface area contributed by atoms with Crippen LogP contribution in [0, 0.1) is 13.8 Å². The minimum atomic E-state index is -0.131. The van der Waals surface area contributed by atoms with E-state index in [9.17, 15) is 9.59 Å². The van der Waals surface area contributed by atoms with Gasteiger partial charge in [0.1, 0.15) is 0 Å². The molecule has 0 spiro atoms. The molecule has 0 radical (unpaired) electrons. The van der Waals surface area contributed by atoms with Gasteiger partial charge in [0.05, 0.1) is 22.3 Å². The molecule has 4 nitrogen and oxygen atoms in total. The maximum absolute atomic E-state index is 13.3. The first-order valence-electron chi connectivity index (χ1n) is 9.35. The summed E-state index contributed by atoms with van der Waals surface area (Å²) in [6.45, 7) is 4.05. The van der Waals surface area contributed by atoms with Gasteiger partial charge in [-0.05, 0) is 49.2 Å². The molecule has 0 saturated heterocycles. The molecule has 1 heterocycles. The molecule has 5 heteroatoms. The summed E-state index contributed by atoms with van der Waals surface area (Å²) in [5.74, 6) is 0.212. The molecule has 144 valence electrons. The summed E-state index contributed by atoms with van der Waals surface area (Å²) in [5.41, 5.74) is 4.16. The van der Waals surface area contributed by atoms with E-state index in [0.29, 0.717) is 21.6 Å². The van der Waals surface area contributed by atoms with Crippen molar-refractivity contribution in [3.05, 3.63) is 99.8 Å². The van der Waals surface area contributed by atoms with Gasteiger partial charge in [-0.1, -0.05) is 60.3 Å². The van der Waals surface area contributed by atoms with E-state index in [4.69, 9.17) is 4.98 Å². The summed E-state index contributed by atoms with van der Waals surface area (Å²) in [7, 11) is 0. The summed E-state index contributed by atoms with van der Waals surface area (Å²) in [6, 6.07) is 22.4. The summed E-state index contributed by atoms with van der Waals surface area (Å²) in [6.07, 6.45) is 0. The molecule has 0 aliphatic carbocycles. The van der Waals surface area contributed by atoms with Gasteiger partial charge >= 0.3 is 0 Å². The van der Waals surface area contributed by atoms with E-state index in [1.54, 1.807) is 22.8 Å². The van der Waals surface area contributed by atoms with Crippen molar-refractivity contribution in [3.63, 3.8) is 0 Å². The SMILES string of the molecule is Cc1ccc(-n2c(SCC(=O)c3ccccc3)nc3ccccc3c2=O)cc1C. The van der Waals surface area contributed by atoms with E-state index >= 15 is 0 Å². The van der Waals surface area contributed by atoms with Crippen molar-refractivity contribution in [3.8, 4) is 5.69 Å². The van der Waals surface area contributed by atoms with E-state index in [1.807, 2.05) is 68.4 Å². The Morgan fingerprint density at radius 1 is 0.931 bits per heavy atom. The predicted molar refractivity (Wildman–Crippen MR) is 118 cm³/mol. The van der Waals surface area contributed by atoms with Crippen LogP contribution in [0.25, 0.3) is 16.6 Å². The Morgan fingerprint density at radius 2 is 1.66 bits per heavy atom. The van der Waals surface area contributed by atoms with Crippen LogP contribution in [0.3, 0.4) is 0 Å². The van der Waals surface area contributed by atoms with Crippen molar-refractivity contribution in [2.45, 2.75) is 19.0 Å². The van der Waals surface area contributed by atoms with Gasteiger partial charge in [-0.3, -0.25) is 14.2 Å². The second-order valence-electron chi connectivity index (χ2n) is 6.90. The smallest absolute Gasteiger partial charge is 0.266 e. The molecule has 0 amide bonds. The fraction of sp³-hybridized carbons (Fsp3) is 0.125. The topological polar surface area (TPSA) is 52.0 Å². The number of carbonyl (C=O) groups is 1. The van der Waals surface area contributed by atoms with Crippen LogP contribution in [0.2, 0.25) is 0 Å². The van der Waals surface area contributed by atoms with Crippen LogP contribution in [0.1, 0.15) is 21.5 Å². The Kier molecular flexibility index (Phi) is 5.32. The first-order chi connectivity index (χ1) is 14.0. The zero-order valence-electron chi connectivity index (χ0n) is 16.3. The predicted octanol–water partition coefficient (Wildman–Crippen LogP) is 4.98. The molecular formula is C24H20N2O2S. The maximum Gasteiger partial charge on any atom is 0.266 e. The first-order valence-corrected chi connectivity index (χ1v) is 10.3. The number of hydrogen-bond acceptors (Lipinski definition) is 4. The molecule has 0 atom stereocenters. The van der Waals surface area contributed by atoms with Crippen LogP contribution in [0.4, 0.5) is 0 Å². The van der Waals surface area contributed by atoms with Crippen molar-refractivity contribution in [2.24, 2.45) is 0 Å². The normalized spacial score (nSPS) is 11.0. The van der Waals surface area contributed by atoms with E-state index in [2.05, 4.69) is 0 Å². The lowest BCUT2D eigenvalue weighted by atomic mass is 10.1. The highest BCUT2D eigenvalue weighted by molar-refractivity contribution is 7.99. The van der Waals surface area contributed by atoms with Crippen molar-refractivity contribution in [2.75, 3.05) is 5.75 Å². The molecule has 0 aliphatic rings. The Morgan fingerprint density at radius 3 is 2.41 bits per heavy atom. The summed E-state index contributed by atoms with van der Waals surface area (Å²) >= 11 is 1.29. The van der Waals surface area contributed by atoms with Gasteiger partial charge in [0, 0.05) is 5.56 Å². The number of aromatic nitrogens is 2. The molecule has 0 fully saturated rings. The van der Waals surface area contributed by atoms with E-state index in [1.165, 1.54) is 11.8 Å². The fourth-order valence-corrected chi connectivity index (χ4v) is 4.05. The third kappa shape index (κ3) is 3.87. The second kappa shape index (κ2) is 8.05. The minimum Gasteiger partial charge on any atom is -0.293 e. The average Bonchev–Trinajstić information content (AvgIpc) is 2.75. The average molecular weight is 401 g/mol. The summed E-state index contributed by atoms with van der Waals surface area (Å²) in [5, 5.41) is 1.07. The molecule has 4 aromatic rings. The standard InChI is InChI=1S/C24H20N2O2S/c1-16-12-13-19(14-17(16)2)26-23(28)20-10-6-7-11-21(20)25-24(26)29-15-22(27)18-8-4-3-5-9-18/h3-14H,15H2,1-2H3. The van der Waals surface area contributed by atoms with Crippen molar-refractivity contribution >= 4 is 28.4 Å². The van der Waals surface area contributed by atoms with E-state index in [-0.39, 0.29) is 17.1 Å². The fourth-order valence-electron chi connectivity index (χ4n) is 3.14. The van der Waals surface area contributed by atoms with Crippen LogP contribution >= 0.6 is 11.8 Å². The Balaban J connectivity index is 1.80. The highest BCUT2D eigenvalue weighted by atomic mass is 32.2. The van der Waals surface area contributed by atoms with Gasteiger partial charge in [-0.15, -0.1) is 0 Å².